The fourth-order valence-electron chi connectivity index (χ4n) is 1.56. The molecule has 0 heterocycles. The number of halogens is 2. The van der Waals surface area contributed by atoms with Gasteiger partial charge in [-0.15, -0.1) is 24.8 Å². The Morgan fingerprint density at radius 2 is 0.667 bits per heavy atom. The Hall–Kier alpha value is 1.01. The van der Waals surface area contributed by atoms with Crippen LogP contribution in [-0.2, 0) is 0 Å². The minimum Gasteiger partial charge on any atom is -0.153 e. The molecule has 0 radical (unpaired) electrons. The van der Waals surface area contributed by atoms with Gasteiger partial charge in [0, 0.05) is 0 Å². The van der Waals surface area contributed by atoms with E-state index < -0.39 is 0 Å². The first kappa shape index (κ1) is 25.0. The van der Waals surface area contributed by atoms with Gasteiger partial charge >= 0.3 is 0 Å². The van der Waals surface area contributed by atoms with Gasteiger partial charge in [0.1, 0.15) is 0 Å². The van der Waals surface area contributed by atoms with E-state index >= 15 is 0 Å². The summed E-state index contributed by atoms with van der Waals surface area (Å²) < 4.78 is 0. The Morgan fingerprint density at radius 3 is 0.867 bits per heavy atom. The van der Waals surface area contributed by atoms with Crippen LogP contribution in [0.25, 0.3) is 0 Å². The second-order valence-corrected chi connectivity index (χ2v) is 3.83. The Bertz CT molecular complexity index is 70.0. The first-order valence-electron chi connectivity index (χ1n) is 5.91. The van der Waals surface area contributed by atoms with Gasteiger partial charge in [-0.2, -0.15) is 9.90 Å². The normalized spacial score (nSPS) is 8.40. The lowest BCUT2D eigenvalue weighted by Gasteiger charge is -1.99. The Morgan fingerprint density at radius 1 is 0.467 bits per heavy atom. The van der Waals surface area contributed by atoms with Crippen LogP contribution in [0, 0.1) is 0 Å². The van der Waals surface area contributed by atoms with Crippen LogP contribution in [0.2, 0.25) is 0 Å². The first-order valence-corrected chi connectivity index (χ1v) is 5.91. The summed E-state index contributed by atoms with van der Waals surface area (Å²) in [6, 6.07) is 0. The fraction of sp³-hybridized carbons (Fsp3) is 1.00. The zero-order valence-electron chi connectivity index (χ0n) is 10.6. The molecule has 15 heavy (non-hydrogen) atoms. The van der Waals surface area contributed by atoms with E-state index in [1.54, 1.807) is 0 Å². The number of hydrogen-bond acceptors (Lipinski definition) is 0. The van der Waals surface area contributed by atoms with Crippen molar-refractivity contribution in [3.05, 3.63) is 0 Å². The lowest BCUT2D eigenvalue weighted by molar-refractivity contribution is 0.562. The van der Waals surface area contributed by atoms with Gasteiger partial charge in [-0.3, -0.25) is 0 Å². The van der Waals surface area contributed by atoms with Crippen LogP contribution in [0.15, 0.2) is 0 Å². The molecule has 1 atom stereocenters. The van der Waals surface area contributed by atoms with Crippen molar-refractivity contribution >= 4 is 34.7 Å². The van der Waals surface area contributed by atoms with Crippen molar-refractivity contribution in [1.29, 1.82) is 0 Å². The Kier molecular flexibility index (Phi) is 40.5. The van der Waals surface area contributed by atoms with Gasteiger partial charge in [0.2, 0.25) is 0 Å². The lowest BCUT2D eigenvalue weighted by atomic mass is 10.1. The highest BCUT2D eigenvalue weighted by molar-refractivity contribution is 6.92. The molecule has 0 aliphatic carbocycles. The minimum absolute atomic E-state index is 0. The van der Waals surface area contributed by atoms with Gasteiger partial charge in [0.15, 0.2) is 0 Å². The molecule has 0 aromatic rings. The molecule has 0 aliphatic rings. The first-order chi connectivity index (χ1) is 5.91. The predicted octanol–water partition coefficient (Wildman–Crippen LogP) is 5.83. The zero-order valence-corrected chi connectivity index (χ0v) is 13.6. The lowest BCUT2D eigenvalue weighted by Crippen LogP contribution is -1.80. The van der Waals surface area contributed by atoms with E-state index in [-0.39, 0.29) is 34.7 Å². The van der Waals surface area contributed by atoms with Crippen molar-refractivity contribution < 1.29 is 0 Å². The molecule has 0 spiro atoms. The monoisotopic (exact) mass is 276 g/mol. The molecule has 1 unspecified atom stereocenters. The number of unbranched alkanes of at least 4 members (excludes halogenated alkanes) is 9. The summed E-state index contributed by atoms with van der Waals surface area (Å²) in [7, 11) is 0. The summed E-state index contributed by atoms with van der Waals surface area (Å²) in [6.45, 7) is 4.56. The van der Waals surface area contributed by atoms with Crippen molar-refractivity contribution in [1.82, 2.24) is 0 Å². The van der Waals surface area contributed by atoms with Gasteiger partial charge in [-0.1, -0.05) is 78.1 Å². The average molecular weight is 277 g/mol. The molecule has 0 amide bonds. The largest absolute Gasteiger partial charge is 0.153 e. The van der Waals surface area contributed by atoms with Crippen molar-refractivity contribution in [2.45, 2.75) is 78.1 Å². The van der Waals surface area contributed by atoms with Crippen LogP contribution in [0.5, 0.6) is 0 Å². The van der Waals surface area contributed by atoms with Gasteiger partial charge in [0.25, 0.3) is 0 Å². The molecule has 0 aromatic carbocycles. The summed E-state index contributed by atoms with van der Waals surface area (Å²) in [6.07, 6.45) is 14.4. The smallest absolute Gasteiger partial charge is 0.0533 e. The third kappa shape index (κ3) is 25.4. The molecule has 0 rings (SSSR count). The third-order valence-corrected chi connectivity index (χ3v) is 2.46. The highest BCUT2D eigenvalue weighted by Crippen LogP contribution is 2.09. The number of rotatable bonds is 9. The van der Waals surface area contributed by atoms with Crippen LogP contribution in [0.4, 0.5) is 0 Å². The summed E-state index contributed by atoms with van der Waals surface area (Å²) in [5.41, 5.74) is 0. The van der Waals surface area contributed by atoms with Crippen LogP contribution < -0.4 is 0 Å². The van der Waals surface area contributed by atoms with E-state index in [1.807, 2.05) is 0 Å². The van der Waals surface area contributed by atoms with E-state index in [1.165, 1.54) is 64.2 Å². The van der Waals surface area contributed by atoms with Crippen molar-refractivity contribution in [3.63, 3.8) is 0 Å². The molecule has 98 valence electrons. The maximum atomic E-state index is 2.28. The van der Waals surface area contributed by atoms with E-state index in [0.29, 0.717) is 0 Å². The van der Waals surface area contributed by atoms with Crippen molar-refractivity contribution in [2.24, 2.45) is 0 Å². The standard InChI is InChI=1S/C12H26.2ClH.H3P/c1-3-5-7-9-11-12-10-8-6-4-2;;;/h3-12H2,1-2H3;2*1H;1H3. The van der Waals surface area contributed by atoms with Crippen LogP contribution in [0.3, 0.4) is 0 Å². The summed E-state index contributed by atoms with van der Waals surface area (Å²) in [5, 5.41) is 0. The van der Waals surface area contributed by atoms with Crippen molar-refractivity contribution in [2.75, 3.05) is 0 Å². The summed E-state index contributed by atoms with van der Waals surface area (Å²) in [4.78, 5) is 0. The molecule has 0 N–H and O–H groups in total. The summed E-state index contributed by atoms with van der Waals surface area (Å²) in [5.74, 6) is 0. The second-order valence-electron chi connectivity index (χ2n) is 3.83. The number of hydrogen-bond donors (Lipinski definition) is 0. The molecule has 0 aliphatic heterocycles. The van der Waals surface area contributed by atoms with Gasteiger partial charge in [0.05, 0.1) is 0 Å². The summed E-state index contributed by atoms with van der Waals surface area (Å²) >= 11 is 0. The topological polar surface area (TPSA) is 0 Å². The Labute approximate surface area is 113 Å². The quantitative estimate of drug-likeness (QED) is 0.367. The van der Waals surface area contributed by atoms with Gasteiger partial charge in [-0.05, 0) is 0 Å². The molecule has 0 aromatic heterocycles. The average Bonchev–Trinajstić information content (AvgIpc) is 2.10. The highest BCUT2D eigenvalue weighted by Gasteiger charge is 1.90. The van der Waals surface area contributed by atoms with Crippen molar-refractivity contribution in [3.8, 4) is 0 Å². The molecular weight excluding hydrogens is 246 g/mol. The van der Waals surface area contributed by atoms with Crippen LogP contribution >= 0.6 is 34.7 Å². The second kappa shape index (κ2) is 24.3. The van der Waals surface area contributed by atoms with Crippen LogP contribution in [-0.4, -0.2) is 0 Å². The Balaban J connectivity index is -0.000000202. The molecule has 3 heteroatoms. The highest BCUT2D eigenvalue weighted by atomic mass is 35.5. The van der Waals surface area contributed by atoms with Gasteiger partial charge in [-0.25, -0.2) is 0 Å². The fourth-order valence-corrected chi connectivity index (χ4v) is 1.56. The zero-order chi connectivity index (χ0) is 9.07. The molecule has 0 saturated heterocycles. The molecular formula is C12H31Cl2P. The van der Waals surface area contributed by atoms with Crippen LogP contribution in [0.1, 0.15) is 78.1 Å². The third-order valence-electron chi connectivity index (χ3n) is 2.46. The SMILES string of the molecule is CCCCCCCCCCCC.Cl.Cl.P. The maximum Gasteiger partial charge on any atom is -0.0533 e. The minimum atomic E-state index is 0. The van der Waals surface area contributed by atoms with E-state index in [4.69, 9.17) is 0 Å². The maximum absolute atomic E-state index is 2.28. The van der Waals surface area contributed by atoms with Gasteiger partial charge < -0.3 is 0 Å². The predicted molar refractivity (Wildman–Crippen MR) is 83.1 cm³/mol. The molecule has 0 bridgehead atoms. The molecule has 0 fully saturated rings. The molecule has 0 nitrogen and oxygen atoms in total. The van der Waals surface area contributed by atoms with E-state index in [2.05, 4.69) is 13.8 Å². The molecule has 0 saturated carbocycles. The van der Waals surface area contributed by atoms with E-state index in [9.17, 15) is 0 Å². The van der Waals surface area contributed by atoms with E-state index in [0.717, 1.165) is 0 Å².